The smallest absolute Gasteiger partial charge is 0.341 e. The van der Waals surface area contributed by atoms with Crippen molar-refractivity contribution in [1.29, 1.82) is 0 Å². The average molecular weight is 366 g/mol. The minimum absolute atomic E-state index is 0.394. The van der Waals surface area contributed by atoms with Crippen molar-refractivity contribution >= 4 is 22.3 Å². The summed E-state index contributed by atoms with van der Waals surface area (Å²) in [7, 11) is 3.45. The average Bonchev–Trinajstić information content (AvgIpc) is 2.98. The van der Waals surface area contributed by atoms with Gasteiger partial charge in [0.25, 0.3) is 0 Å². The van der Waals surface area contributed by atoms with Crippen molar-refractivity contribution < 1.29 is 9.53 Å². The Hall–Kier alpha value is -2.63. The first-order chi connectivity index (χ1) is 12.6. The third-order valence-corrected chi connectivity index (χ3v) is 5.17. The van der Waals surface area contributed by atoms with Gasteiger partial charge < -0.3 is 10.5 Å². The molecule has 0 saturated carbocycles. The van der Waals surface area contributed by atoms with Gasteiger partial charge in [0.05, 0.1) is 7.11 Å². The van der Waals surface area contributed by atoms with Crippen molar-refractivity contribution in [3.63, 3.8) is 0 Å². The predicted octanol–water partition coefficient (Wildman–Crippen LogP) is 4.42. The van der Waals surface area contributed by atoms with Crippen LogP contribution in [-0.2, 0) is 17.8 Å². The second-order valence-corrected chi connectivity index (χ2v) is 7.29. The monoisotopic (exact) mass is 366 g/mol. The lowest BCUT2D eigenvalue weighted by molar-refractivity contribution is 0.0603. The number of thiophene rings is 1. The molecule has 0 radical (unpaired) electrons. The van der Waals surface area contributed by atoms with Crippen LogP contribution in [0.25, 0.3) is 11.1 Å². The molecule has 134 valence electrons. The Balaban J connectivity index is 1.95. The molecule has 2 aromatic carbocycles. The van der Waals surface area contributed by atoms with E-state index in [4.69, 9.17) is 10.5 Å². The zero-order valence-corrected chi connectivity index (χ0v) is 15.8. The Morgan fingerprint density at radius 1 is 1.04 bits per heavy atom. The van der Waals surface area contributed by atoms with Crippen LogP contribution >= 0.6 is 11.3 Å². The number of nitrogens with two attached hydrogens (primary N) is 1. The van der Waals surface area contributed by atoms with E-state index in [1.165, 1.54) is 24.0 Å². The van der Waals surface area contributed by atoms with Gasteiger partial charge in [0.2, 0.25) is 0 Å². The van der Waals surface area contributed by atoms with Crippen molar-refractivity contribution in [1.82, 2.24) is 4.90 Å². The lowest BCUT2D eigenvalue weighted by atomic mass is 10.0. The van der Waals surface area contributed by atoms with E-state index >= 15 is 0 Å². The Morgan fingerprint density at radius 3 is 2.27 bits per heavy atom. The number of benzene rings is 2. The van der Waals surface area contributed by atoms with Gasteiger partial charge >= 0.3 is 5.97 Å². The summed E-state index contributed by atoms with van der Waals surface area (Å²) in [5.74, 6) is -0.394. The molecule has 26 heavy (non-hydrogen) atoms. The molecule has 0 amide bonds. The van der Waals surface area contributed by atoms with Crippen LogP contribution in [0, 0.1) is 0 Å². The summed E-state index contributed by atoms with van der Waals surface area (Å²) in [4.78, 5) is 15.6. The standard InChI is InChI=1S/C21H22N2O2S/c1-23(13-15-9-5-3-6-10-15)14-17-18(16-11-7-4-8-12-16)19(20(22)26-17)21(24)25-2/h3-12H,13-14,22H2,1-2H3. The number of nitrogens with zero attached hydrogens (tertiary/aromatic N) is 1. The first-order valence-electron chi connectivity index (χ1n) is 8.37. The minimum Gasteiger partial charge on any atom is -0.465 e. The first kappa shape index (κ1) is 18.2. The summed E-state index contributed by atoms with van der Waals surface area (Å²) in [5, 5.41) is 0.499. The second-order valence-electron chi connectivity index (χ2n) is 6.15. The highest BCUT2D eigenvalue weighted by molar-refractivity contribution is 7.17. The van der Waals surface area contributed by atoms with E-state index < -0.39 is 5.97 Å². The number of rotatable bonds is 6. The molecule has 0 aliphatic rings. The number of hydrogen-bond donors (Lipinski definition) is 1. The SMILES string of the molecule is COC(=O)c1c(N)sc(CN(C)Cc2ccccc2)c1-c1ccccc1. The summed E-state index contributed by atoms with van der Waals surface area (Å²) in [6.07, 6.45) is 0. The Kier molecular flexibility index (Phi) is 5.71. The van der Waals surface area contributed by atoms with E-state index in [9.17, 15) is 4.79 Å². The van der Waals surface area contributed by atoms with E-state index in [0.717, 1.165) is 22.5 Å². The predicted molar refractivity (Wildman–Crippen MR) is 107 cm³/mol. The maximum absolute atomic E-state index is 12.3. The van der Waals surface area contributed by atoms with Gasteiger partial charge in [0, 0.05) is 23.5 Å². The van der Waals surface area contributed by atoms with Gasteiger partial charge in [-0.05, 0) is 18.2 Å². The maximum atomic E-state index is 12.3. The molecule has 1 heterocycles. The molecule has 3 aromatic rings. The van der Waals surface area contributed by atoms with Crippen LogP contribution in [0.4, 0.5) is 5.00 Å². The zero-order valence-electron chi connectivity index (χ0n) is 14.9. The van der Waals surface area contributed by atoms with Crippen LogP contribution in [0.5, 0.6) is 0 Å². The van der Waals surface area contributed by atoms with E-state index in [-0.39, 0.29) is 0 Å². The molecule has 0 atom stereocenters. The van der Waals surface area contributed by atoms with Crippen molar-refractivity contribution in [3.8, 4) is 11.1 Å². The number of methoxy groups -OCH3 is 1. The van der Waals surface area contributed by atoms with E-state index in [1.54, 1.807) is 0 Å². The quantitative estimate of drug-likeness (QED) is 0.656. The van der Waals surface area contributed by atoms with Crippen molar-refractivity contribution in [3.05, 3.63) is 76.7 Å². The molecule has 0 unspecified atom stereocenters. The van der Waals surface area contributed by atoms with Gasteiger partial charge in [-0.25, -0.2) is 4.79 Å². The van der Waals surface area contributed by atoms with Crippen molar-refractivity contribution in [2.45, 2.75) is 13.1 Å². The number of hydrogen-bond acceptors (Lipinski definition) is 5. The van der Waals surface area contributed by atoms with E-state index in [0.29, 0.717) is 17.1 Å². The highest BCUT2D eigenvalue weighted by Gasteiger charge is 2.24. The second kappa shape index (κ2) is 8.17. The third-order valence-electron chi connectivity index (χ3n) is 4.17. The van der Waals surface area contributed by atoms with Gasteiger partial charge in [-0.1, -0.05) is 60.7 Å². The fraction of sp³-hybridized carbons (Fsp3) is 0.190. The van der Waals surface area contributed by atoms with Crippen LogP contribution in [0.3, 0.4) is 0 Å². The molecule has 0 aliphatic carbocycles. The molecule has 1 aromatic heterocycles. The summed E-state index contributed by atoms with van der Waals surface area (Å²) in [6.45, 7) is 1.52. The van der Waals surface area contributed by atoms with Crippen molar-refractivity contribution in [2.75, 3.05) is 19.9 Å². The highest BCUT2D eigenvalue weighted by Crippen LogP contribution is 2.39. The molecule has 0 aliphatic heterocycles. The zero-order chi connectivity index (χ0) is 18.5. The minimum atomic E-state index is -0.394. The summed E-state index contributed by atoms with van der Waals surface area (Å²) in [6, 6.07) is 20.2. The van der Waals surface area contributed by atoms with Gasteiger partial charge in [-0.15, -0.1) is 11.3 Å². The number of nitrogen functional groups attached to an aromatic ring is 1. The van der Waals surface area contributed by atoms with E-state index in [2.05, 4.69) is 24.1 Å². The summed E-state index contributed by atoms with van der Waals surface area (Å²) >= 11 is 1.45. The maximum Gasteiger partial charge on any atom is 0.341 e. The molecule has 0 bridgehead atoms. The van der Waals surface area contributed by atoms with Crippen molar-refractivity contribution in [2.24, 2.45) is 0 Å². The fourth-order valence-corrected chi connectivity index (χ4v) is 4.18. The molecule has 0 spiro atoms. The van der Waals surface area contributed by atoms with Gasteiger partial charge in [-0.2, -0.15) is 0 Å². The number of carbonyl (C=O) groups excluding carboxylic acids is 1. The molecular formula is C21H22N2O2S. The number of anilines is 1. The normalized spacial score (nSPS) is 10.9. The largest absolute Gasteiger partial charge is 0.465 e. The number of carbonyl (C=O) groups is 1. The molecule has 0 fully saturated rings. The topological polar surface area (TPSA) is 55.6 Å². The Bertz CT molecular complexity index is 876. The fourth-order valence-electron chi connectivity index (χ4n) is 3.02. The summed E-state index contributed by atoms with van der Waals surface area (Å²) in [5.41, 5.74) is 9.74. The van der Waals surface area contributed by atoms with Gasteiger partial charge in [0.15, 0.2) is 0 Å². The number of ether oxygens (including phenoxy) is 1. The van der Waals surface area contributed by atoms with Crippen LogP contribution in [0.15, 0.2) is 60.7 Å². The first-order valence-corrected chi connectivity index (χ1v) is 9.19. The third kappa shape index (κ3) is 3.95. The molecular weight excluding hydrogens is 344 g/mol. The highest BCUT2D eigenvalue weighted by atomic mass is 32.1. The van der Waals surface area contributed by atoms with Crippen LogP contribution in [-0.4, -0.2) is 25.0 Å². The molecule has 4 nitrogen and oxygen atoms in total. The Labute approximate surface area is 157 Å². The molecule has 3 rings (SSSR count). The van der Waals surface area contributed by atoms with Crippen LogP contribution < -0.4 is 5.73 Å². The molecule has 0 saturated heterocycles. The lowest BCUT2D eigenvalue weighted by Gasteiger charge is -2.17. The van der Waals surface area contributed by atoms with Gasteiger partial charge in [0.1, 0.15) is 10.6 Å². The van der Waals surface area contributed by atoms with Crippen LogP contribution in [0.1, 0.15) is 20.8 Å². The van der Waals surface area contributed by atoms with Crippen LogP contribution in [0.2, 0.25) is 0 Å². The summed E-state index contributed by atoms with van der Waals surface area (Å²) < 4.78 is 4.97. The molecule has 5 heteroatoms. The molecule has 2 N–H and O–H groups in total. The number of esters is 1. The van der Waals surface area contributed by atoms with Gasteiger partial charge in [-0.3, -0.25) is 4.90 Å². The lowest BCUT2D eigenvalue weighted by Crippen LogP contribution is -2.17. The van der Waals surface area contributed by atoms with E-state index in [1.807, 2.05) is 48.5 Å². The Morgan fingerprint density at radius 2 is 1.65 bits per heavy atom.